The fraction of sp³-hybridized carbons (Fsp3) is 0.533. The molecule has 0 radical (unpaired) electrons. The summed E-state index contributed by atoms with van der Waals surface area (Å²) in [5, 5.41) is 28.9. The van der Waals surface area contributed by atoms with Gasteiger partial charge in [-0.05, 0) is 12.0 Å². The van der Waals surface area contributed by atoms with Crippen molar-refractivity contribution >= 4 is 18.2 Å². The number of carboxylic acid groups (broad SMARTS) is 1. The van der Waals surface area contributed by atoms with E-state index in [2.05, 4.69) is 0 Å². The summed E-state index contributed by atoms with van der Waals surface area (Å²) in [6, 6.07) is 5.85. The zero-order valence-electron chi connectivity index (χ0n) is 13.3. The Morgan fingerprint density at radius 1 is 1.40 bits per heavy atom. The first-order valence-electron chi connectivity index (χ1n) is 8.09. The largest absolute Gasteiger partial charge is 0.539 e. The van der Waals surface area contributed by atoms with E-state index in [1.54, 1.807) is 24.3 Å². The second-order valence-electron chi connectivity index (χ2n) is 6.66. The Hall–Kier alpha value is -1.53. The molecule has 1 unspecified atom stereocenters. The Bertz CT molecular complexity index is 687. The van der Waals surface area contributed by atoms with Crippen LogP contribution < -0.4 is 11.2 Å². The molecule has 0 saturated carbocycles. The number of benzene rings is 1. The third kappa shape index (κ3) is 2.49. The number of hydrogen-bond acceptors (Lipinski definition) is 8. The topological polar surface area (TPSA) is 141 Å². The van der Waals surface area contributed by atoms with Crippen LogP contribution in [-0.2, 0) is 29.9 Å². The molecule has 1 aromatic rings. The zero-order valence-corrected chi connectivity index (χ0v) is 13.3. The van der Waals surface area contributed by atoms with Gasteiger partial charge in [0.15, 0.2) is 5.79 Å². The molecule has 4 saturated heterocycles. The van der Waals surface area contributed by atoms with E-state index >= 15 is 0 Å². The fourth-order valence-electron chi connectivity index (χ4n) is 3.68. The van der Waals surface area contributed by atoms with Gasteiger partial charge in [-0.15, -0.1) is 5.46 Å². The number of aliphatic hydroxyl groups is 2. The second kappa shape index (κ2) is 5.75. The summed E-state index contributed by atoms with van der Waals surface area (Å²) < 4.78 is 23.2. The van der Waals surface area contributed by atoms with Crippen LogP contribution in [0, 0.1) is 0 Å². The highest BCUT2D eigenvalue weighted by Gasteiger charge is 2.66. The van der Waals surface area contributed by atoms with Gasteiger partial charge in [-0.25, -0.2) is 0 Å². The van der Waals surface area contributed by atoms with Crippen molar-refractivity contribution in [3.8, 4) is 0 Å². The predicted octanol–water partition coefficient (Wildman–Crippen LogP) is -2.32. The van der Waals surface area contributed by atoms with Crippen molar-refractivity contribution in [3.63, 3.8) is 0 Å². The monoisotopic (exact) mass is 352 g/mol. The number of rotatable bonds is 5. The standard InChI is InChI=1S/C15H19BNO8/c17-10(14(20)21)5-8-1-3-9(4-2-8)16-22-6-11-12(19)13(24-16)15(7-18,23-11)25-16/h1-4,10-13,18-19H,5-7,17H2,(H,20,21)/q-1/t10-,11+,12+,13-,15-,16?/m0/s1. The van der Waals surface area contributed by atoms with Crippen LogP contribution >= 0.6 is 0 Å². The van der Waals surface area contributed by atoms with Gasteiger partial charge in [0.05, 0.1) is 12.7 Å². The number of aliphatic hydroxyl groups excluding tert-OH is 2. The van der Waals surface area contributed by atoms with E-state index in [0.717, 1.165) is 5.56 Å². The quantitative estimate of drug-likeness (QED) is 0.430. The van der Waals surface area contributed by atoms with Gasteiger partial charge in [0.2, 0.25) is 0 Å². The molecule has 0 aromatic heterocycles. The molecule has 9 nitrogen and oxygen atoms in total. The average Bonchev–Trinajstić information content (AvgIpc) is 2.91. The van der Waals surface area contributed by atoms with Crippen LogP contribution in [0.1, 0.15) is 5.56 Å². The molecule has 25 heavy (non-hydrogen) atoms. The minimum Gasteiger partial charge on any atom is -0.539 e. The summed E-state index contributed by atoms with van der Waals surface area (Å²) in [5.41, 5.74) is 6.86. The molecule has 136 valence electrons. The van der Waals surface area contributed by atoms with Crippen LogP contribution in [0.4, 0.5) is 0 Å². The third-order valence-corrected chi connectivity index (χ3v) is 5.02. The van der Waals surface area contributed by atoms with E-state index < -0.39 is 49.5 Å². The summed E-state index contributed by atoms with van der Waals surface area (Å²) in [4.78, 5) is 10.9. The Morgan fingerprint density at radius 2 is 2.12 bits per heavy atom. The summed E-state index contributed by atoms with van der Waals surface area (Å²) in [5.74, 6) is -2.51. The number of aliphatic carboxylic acids is 1. The predicted molar refractivity (Wildman–Crippen MR) is 83.8 cm³/mol. The van der Waals surface area contributed by atoms with Crippen LogP contribution in [-0.4, -0.2) is 71.4 Å². The number of fused-ring (bicyclic) bond motifs is 1. The lowest BCUT2D eigenvalue weighted by Gasteiger charge is -2.36. The summed E-state index contributed by atoms with van der Waals surface area (Å²) >= 11 is 0. The maximum Gasteiger partial charge on any atom is 0.412 e. The van der Waals surface area contributed by atoms with Crippen molar-refractivity contribution in [3.05, 3.63) is 29.8 Å². The SMILES string of the molecule is N[C@@H](Cc1ccc([B-]23OC[C@H]4O[C@@](CO)(O2)[C@@H](O3)[C@@H]4O)cc1)C(=O)O. The maximum atomic E-state index is 10.9. The molecule has 4 fully saturated rings. The van der Waals surface area contributed by atoms with E-state index in [0.29, 0.717) is 5.46 Å². The van der Waals surface area contributed by atoms with E-state index in [1.165, 1.54) is 0 Å². The molecule has 4 aliphatic heterocycles. The normalized spacial score (nSPS) is 40.2. The van der Waals surface area contributed by atoms with Gasteiger partial charge in [0, 0.05) is 6.61 Å². The van der Waals surface area contributed by atoms with Crippen molar-refractivity contribution < 1.29 is 38.8 Å². The van der Waals surface area contributed by atoms with Crippen molar-refractivity contribution in [2.75, 3.05) is 13.2 Å². The molecule has 4 heterocycles. The number of nitrogens with two attached hydrogens (primary N) is 1. The second-order valence-corrected chi connectivity index (χ2v) is 6.66. The van der Waals surface area contributed by atoms with E-state index in [-0.39, 0.29) is 13.0 Å². The molecule has 4 bridgehead atoms. The summed E-state index contributed by atoms with van der Waals surface area (Å²) in [6.07, 6.45) is -2.24. The van der Waals surface area contributed by atoms with Crippen molar-refractivity contribution in [1.29, 1.82) is 0 Å². The molecule has 5 rings (SSSR count). The third-order valence-electron chi connectivity index (χ3n) is 5.02. The zero-order chi connectivity index (χ0) is 17.8. The Kier molecular flexibility index (Phi) is 3.89. The highest BCUT2D eigenvalue weighted by atomic mass is 16.9. The number of carboxylic acids is 1. The first kappa shape index (κ1) is 16.9. The van der Waals surface area contributed by atoms with Gasteiger partial charge >= 0.3 is 12.7 Å². The van der Waals surface area contributed by atoms with Crippen molar-refractivity contribution in [1.82, 2.24) is 0 Å². The molecule has 1 aromatic carbocycles. The molecule has 0 spiro atoms. The van der Waals surface area contributed by atoms with Gasteiger partial charge in [-0.2, -0.15) is 0 Å². The van der Waals surface area contributed by atoms with Crippen molar-refractivity contribution in [2.45, 2.75) is 36.6 Å². The molecule has 6 atom stereocenters. The Labute approximate surface area is 143 Å². The lowest BCUT2D eigenvalue weighted by Crippen LogP contribution is -2.54. The molecule has 4 aliphatic rings. The first-order chi connectivity index (χ1) is 11.9. The number of ether oxygens (including phenoxy) is 1. The highest BCUT2D eigenvalue weighted by molar-refractivity contribution is 6.76. The van der Waals surface area contributed by atoms with Crippen LogP contribution in [0.25, 0.3) is 0 Å². The van der Waals surface area contributed by atoms with Crippen LogP contribution in [0.5, 0.6) is 0 Å². The van der Waals surface area contributed by atoms with Gasteiger partial charge in [0.1, 0.15) is 18.2 Å². The fourth-order valence-corrected chi connectivity index (χ4v) is 3.68. The van der Waals surface area contributed by atoms with Gasteiger partial charge < -0.3 is 39.8 Å². The molecule has 10 heteroatoms. The molecule has 0 aliphatic carbocycles. The lowest BCUT2D eigenvalue weighted by atomic mass is 9.69. The molecular formula is C15H19BNO8-. The minimum absolute atomic E-state index is 0.0745. The van der Waals surface area contributed by atoms with Crippen molar-refractivity contribution in [2.24, 2.45) is 5.73 Å². The number of carbonyl (C=O) groups is 1. The molecule has 5 N–H and O–H groups in total. The summed E-state index contributed by atoms with van der Waals surface area (Å²) in [7, 11) is 0. The molecule has 0 amide bonds. The van der Waals surface area contributed by atoms with Gasteiger partial charge in [0.25, 0.3) is 0 Å². The lowest BCUT2D eigenvalue weighted by molar-refractivity contribution is -0.193. The average molecular weight is 352 g/mol. The van der Waals surface area contributed by atoms with E-state index in [4.69, 9.17) is 29.5 Å². The van der Waals surface area contributed by atoms with Crippen LogP contribution in [0.3, 0.4) is 0 Å². The highest BCUT2D eigenvalue weighted by Crippen LogP contribution is 2.46. The van der Waals surface area contributed by atoms with Crippen LogP contribution in [0.2, 0.25) is 0 Å². The van der Waals surface area contributed by atoms with Gasteiger partial charge in [-0.3, -0.25) is 4.79 Å². The Balaban J connectivity index is 1.61. The smallest absolute Gasteiger partial charge is 0.412 e. The Morgan fingerprint density at radius 3 is 2.72 bits per heavy atom. The van der Waals surface area contributed by atoms with E-state index in [9.17, 15) is 15.0 Å². The van der Waals surface area contributed by atoms with E-state index in [1.807, 2.05) is 0 Å². The first-order valence-corrected chi connectivity index (χ1v) is 8.09. The van der Waals surface area contributed by atoms with Gasteiger partial charge in [-0.1, -0.05) is 24.3 Å². The number of hydrogen-bond donors (Lipinski definition) is 4. The minimum atomic E-state index is -2.38. The molecular weight excluding hydrogens is 333 g/mol. The summed E-state index contributed by atoms with van der Waals surface area (Å²) in [6.45, 7) is -2.77. The maximum absolute atomic E-state index is 10.9. The van der Waals surface area contributed by atoms with Crippen LogP contribution in [0.15, 0.2) is 24.3 Å².